The van der Waals surface area contributed by atoms with Crippen LogP contribution in [0.25, 0.3) is 0 Å². The number of carboxylic acid groups (broad SMARTS) is 1. The molecule has 0 spiro atoms. The molecule has 0 aromatic heterocycles. The number of hydrogen-bond donors (Lipinski definition) is 1. The van der Waals surface area contributed by atoms with Crippen LogP contribution in [0.3, 0.4) is 0 Å². The van der Waals surface area contributed by atoms with Crippen molar-refractivity contribution in [3.8, 4) is 12.3 Å². The van der Waals surface area contributed by atoms with Gasteiger partial charge >= 0.3 is 5.97 Å². The van der Waals surface area contributed by atoms with Crippen LogP contribution in [-0.2, 0) is 4.79 Å². The van der Waals surface area contributed by atoms with Crippen LogP contribution in [0, 0.1) is 23.7 Å². The van der Waals surface area contributed by atoms with E-state index in [1.165, 1.54) is 0 Å². The second-order valence-corrected chi connectivity index (χ2v) is 4.21. The van der Waals surface area contributed by atoms with E-state index in [-0.39, 0.29) is 5.41 Å². The first kappa shape index (κ1) is 11.0. The highest BCUT2D eigenvalue weighted by Gasteiger charge is 2.23. The molecule has 1 N–H and O–H groups in total. The first-order chi connectivity index (χ1) is 5.37. The van der Waals surface area contributed by atoms with E-state index in [1.54, 1.807) is 0 Å². The topological polar surface area (TPSA) is 37.3 Å². The second-order valence-electron chi connectivity index (χ2n) is 4.21. The van der Waals surface area contributed by atoms with Gasteiger partial charge in [-0.15, -0.1) is 12.3 Å². The normalized spacial score (nSPS) is 13.5. The van der Waals surface area contributed by atoms with Crippen molar-refractivity contribution in [2.75, 3.05) is 0 Å². The molecule has 0 radical (unpaired) electrons. The zero-order chi connectivity index (χ0) is 9.78. The highest BCUT2D eigenvalue weighted by molar-refractivity contribution is 5.70. The Kier molecular flexibility index (Phi) is 3.82. The number of rotatable bonds is 3. The van der Waals surface area contributed by atoms with Gasteiger partial charge in [-0.05, 0) is 11.8 Å². The van der Waals surface area contributed by atoms with Crippen LogP contribution >= 0.6 is 0 Å². The Morgan fingerprint density at radius 1 is 1.58 bits per heavy atom. The maximum absolute atomic E-state index is 10.7. The summed E-state index contributed by atoms with van der Waals surface area (Å²) in [5.41, 5.74) is 0.0277. The van der Waals surface area contributed by atoms with Gasteiger partial charge in [-0.1, -0.05) is 20.8 Å². The molecule has 0 rings (SSSR count). The van der Waals surface area contributed by atoms with Gasteiger partial charge in [0.1, 0.15) is 0 Å². The highest BCUT2D eigenvalue weighted by atomic mass is 16.4. The molecule has 0 heterocycles. The molecule has 2 heteroatoms. The molecule has 0 aromatic carbocycles. The SMILES string of the molecule is C#CCC(CC(C)(C)C)C(=O)O. The Morgan fingerprint density at radius 2 is 2.08 bits per heavy atom. The van der Waals surface area contributed by atoms with Crippen LogP contribution in [0.5, 0.6) is 0 Å². The highest BCUT2D eigenvalue weighted by Crippen LogP contribution is 2.26. The van der Waals surface area contributed by atoms with Gasteiger partial charge in [0.05, 0.1) is 5.92 Å². The summed E-state index contributed by atoms with van der Waals surface area (Å²) in [5.74, 6) is 1.21. The number of aliphatic carboxylic acids is 1. The average Bonchev–Trinajstić information content (AvgIpc) is 1.83. The molecule has 1 unspecified atom stereocenters. The van der Waals surface area contributed by atoms with E-state index in [2.05, 4.69) is 5.92 Å². The molecule has 68 valence electrons. The lowest BCUT2D eigenvalue weighted by Gasteiger charge is -2.21. The molecule has 0 bridgehead atoms. The maximum atomic E-state index is 10.7. The van der Waals surface area contributed by atoms with Crippen LogP contribution in [0.1, 0.15) is 33.6 Å². The zero-order valence-corrected chi connectivity index (χ0v) is 7.92. The Labute approximate surface area is 74.0 Å². The molecule has 0 aliphatic heterocycles. The quantitative estimate of drug-likeness (QED) is 0.655. The maximum Gasteiger partial charge on any atom is 0.307 e. The van der Waals surface area contributed by atoms with E-state index in [0.29, 0.717) is 12.8 Å². The van der Waals surface area contributed by atoms with Crippen LogP contribution in [0.2, 0.25) is 0 Å². The first-order valence-corrected chi connectivity index (χ1v) is 4.03. The fraction of sp³-hybridized carbons (Fsp3) is 0.700. The molecule has 1 atom stereocenters. The Balaban J connectivity index is 4.16. The summed E-state index contributed by atoms with van der Waals surface area (Å²) in [6.45, 7) is 6.04. The molecule has 0 aliphatic carbocycles. The molecule has 0 aliphatic rings. The van der Waals surface area contributed by atoms with Gasteiger partial charge in [0.2, 0.25) is 0 Å². The summed E-state index contributed by atoms with van der Waals surface area (Å²) >= 11 is 0. The van der Waals surface area contributed by atoms with Crippen LogP contribution in [-0.4, -0.2) is 11.1 Å². The Morgan fingerprint density at radius 3 is 2.33 bits per heavy atom. The van der Waals surface area contributed by atoms with Crippen molar-refractivity contribution in [2.45, 2.75) is 33.6 Å². The Hall–Kier alpha value is -0.970. The number of hydrogen-bond acceptors (Lipinski definition) is 1. The van der Waals surface area contributed by atoms with Crippen molar-refractivity contribution < 1.29 is 9.90 Å². The van der Waals surface area contributed by atoms with Gasteiger partial charge in [0, 0.05) is 6.42 Å². The number of carboxylic acids is 1. The van der Waals surface area contributed by atoms with Gasteiger partial charge in [-0.25, -0.2) is 0 Å². The zero-order valence-electron chi connectivity index (χ0n) is 7.92. The monoisotopic (exact) mass is 168 g/mol. The molecular weight excluding hydrogens is 152 g/mol. The minimum atomic E-state index is -0.789. The summed E-state index contributed by atoms with van der Waals surface area (Å²) in [4.78, 5) is 10.7. The lowest BCUT2D eigenvalue weighted by Crippen LogP contribution is -2.20. The molecule has 2 nitrogen and oxygen atoms in total. The largest absolute Gasteiger partial charge is 0.481 e. The lowest BCUT2D eigenvalue weighted by atomic mass is 9.83. The minimum absolute atomic E-state index is 0.0277. The first-order valence-electron chi connectivity index (χ1n) is 4.03. The molecule has 0 amide bonds. The van der Waals surface area contributed by atoms with Gasteiger partial charge in [-0.3, -0.25) is 4.79 Å². The summed E-state index contributed by atoms with van der Waals surface area (Å²) < 4.78 is 0. The summed E-state index contributed by atoms with van der Waals surface area (Å²) in [6, 6.07) is 0. The molecule has 0 aromatic rings. The lowest BCUT2D eigenvalue weighted by molar-refractivity contribution is -0.142. The summed E-state index contributed by atoms with van der Waals surface area (Å²) in [7, 11) is 0. The summed E-state index contributed by atoms with van der Waals surface area (Å²) in [5, 5.41) is 8.77. The van der Waals surface area contributed by atoms with Crippen molar-refractivity contribution in [1.82, 2.24) is 0 Å². The molecule has 0 saturated heterocycles. The van der Waals surface area contributed by atoms with Gasteiger partial charge < -0.3 is 5.11 Å². The van der Waals surface area contributed by atoms with Crippen molar-refractivity contribution in [2.24, 2.45) is 11.3 Å². The molecular formula is C10H16O2. The van der Waals surface area contributed by atoms with Crippen molar-refractivity contribution in [1.29, 1.82) is 0 Å². The molecule has 0 saturated carbocycles. The van der Waals surface area contributed by atoms with Crippen LogP contribution in [0.15, 0.2) is 0 Å². The summed E-state index contributed by atoms with van der Waals surface area (Å²) in [6.07, 6.45) is 6.03. The predicted octanol–water partition coefficient (Wildman–Crippen LogP) is 2.15. The van der Waals surface area contributed by atoms with E-state index in [9.17, 15) is 4.79 Å². The van der Waals surface area contributed by atoms with E-state index in [0.717, 1.165) is 0 Å². The van der Waals surface area contributed by atoms with Crippen LogP contribution < -0.4 is 0 Å². The third kappa shape index (κ3) is 4.79. The van der Waals surface area contributed by atoms with E-state index < -0.39 is 11.9 Å². The van der Waals surface area contributed by atoms with E-state index in [1.807, 2.05) is 20.8 Å². The van der Waals surface area contributed by atoms with Gasteiger partial charge in [0.25, 0.3) is 0 Å². The fourth-order valence-corrected chi connectivity index (χ4v) is 1.13. The smallest absolute Gasteiger partial charge is 0.307 e. The standard InChI is InChI=1S/C10H16O2/c1-5-6-8(9(11)12)7-10(2,3)4/h1,8H,6-7H2,2-4H3,(H,11,12). The molecule has 0 fully saturated rings. The van der Waals surface area contributed by atoms with Crippen molar-refractivity contribution >= 4 is 5.97 Å². The number of terminal acetylenes is 1. The minimum Gasteiger partial charge on any atom is -0.481 e. The van der Waals surface area contributed by atoms with E-state index in [4.69, 9.17) is 11.5 Å². The van der Waals surface area contributed by atoms with Gasteiger partial charge in [0.15, 0.2) is 0 Å². The Bertz CT molecular complexity index is 193. The number of carbonyl (C=O) groups is 1. The van der Waals surface area contributed by atoms with Crippen molar-refractivity contribution in [3.63, 3.8) is 0 Å². The fourth-order valence-electron chi connectivity index (χ4n) is 1.13. The third-order valence-corrected chi connectivity index (χ3v) is 1.57. The second kappa shape index (κ2) is 4.15. The molecule has 12 heavy (non-hydrogen) atoms. The average molecular weight is 168 g/mol. The van der Waals surface area contributed by atoms with E-state index >= 15 is 0 Å². The van der Waals surface area contributed by atoms with Crippen LogP contribution in [0.4, 0.5) is 0 Å². The predicted molar refractivity (Wildman–Crippen MR) is 48.6 cm³/mol. The van der Waals surface area contributed by atoms with Gasteiger partial charge in [-0.2, -0.15) is 0 Å². The third-order valence-electron chi connectivity index (χ3n) is 1.57. The van der Waals surface area contributed by atoms with Crippen molar-refractivity contribution in [3.05, 3.63) is 0 Å².